The van der Waals surface area contributed by atoms with Gasteiger partial charge in [-0.3, -0.25) is 4.79 Å². The molecule has 9 heteroatoms. The lowest BCUT2D eigenvalue weighted by molar-refractivity contribution is -0.141. The normalized spacial score (nSPS) is 14.7. The van der Waals surface area contributed by atoms with Crippen molar-refractivity contribution >= 4 is 33.5 Å². The van der Waals surface area contributed by atoms with Crippen LogP contribution in [0.25, 0.3) is 0 Å². The van der Waals surface area contributed by atoms with Crippen LogP contribution in [0.4, 0.5) is 24.8 Å². The molecule has 25 heavy (non-hydrogen) atoms. The zero-order chi connectivity index (χ0) is 18.0. The van der Waals surface area contributed by atoms with Crippen molar-refractivity contribution in [1.29, 1.82) is 0 Å². The zero-order valence-corrected chi connectivity index (χ0v) is 14.5. The molecule has 1 amide bonds. The first-order valence-corrected chi connectivity index (χ1v) is 8.40. The van der Waals surface area contributed by atoms with Crippen molar-refractivity contribution in [3.63, 3.8) is 0 Å². The van der Waals surface area contributed by atoms with E-state index in [9.17, 15) is 18.0 Å². The van der Waals surface area contributed by atoms with Gasteiger partial charge in [0, 0.05) is 22.4 Å². The molecule has 5 nitrogen and oxygen atoms in total. The molecule has 1 aliphatic rings. The molecule has 3 rings (SSSR count). The molecule has 0 radical (unpaired) electrons. The van der Waals surface area contributed by atoms with Gasteiger partial charge in [-0.15, -0.1) is 0 Å². The van der Waals surface area contributed by atoms with E-state index in [0.717, 1.165) is 29.9 Å². The smallest absolute Gasteiger partial charge is 0.349 e. The predicted octanol–water partition coefficient (Wildman–Crippen LogP) is 4.28. The molecule has 1 heterocycles. The Morgan fingerprint density at radius 1 is 1.28 bits per heavy atom. The summed E-state index contributed by atoms with van der Waals surface area (Å²) < 4.78 is 40.7. The van der Waals surface area contributed by atoms with Crippen LogP contribution in [0.15, 0.2) is 34.9 Å². The Bertz CT molecular complexity index is 793. The molecular weight excluding hydrogens is 401 g/mol. The number of carbonyl (C=O) groups is 1. The molecule has 2 N–H and O–H groups in total. The molecule has 2 aromatic rings. The minimum absolute atomic E-state index is 0.0759. The molecule has 1 aliphatic carbocycles. The van der Waals surface area contributed by atoms with Crippen LogP contribution in [-0.2, 0) is 6.18 Å². The van der Waals surface area contributed by atoms with Gasteiger partial charge in [0.2, 0.25) is 5.95 Å². The van der Waals surface area contributed by atoms with Crippen LogP contribution in [-0.4, -0.2) is 21.9 Å². The van der Waals surface area contributed by atoms with Crippen molar-refractivity contribution in [3.8, 4) is 0 Å². The van der Waals surface area contributed by atoms with E-state index in [1.807, 2.05) is 0 Å². The van der Waals surface area contributed by atoms with Crippen LogP contribution in [0, 0.1) is 0 Å². The third-order valence-electron chi connectivity index (χ3n) is 3.82. The number of halogens is 4. The molecule has 0 atom stereocenters. The third-order valence-corrected chi connectivity index (χ3v) is 4.32. The van der Waals surface area contributed by atoms with Crippen molar-refractivity contribution in [3.05, 3.63) is 46.2 Å². The molecule has 1 aromatic carbocycles. The Morgan fingerprint density at radius 3 is 2.64 bits per heavy atom. The molecule has 0 saturated heterocycles. The molecule has 1 aromatic heterocycles. The highest BCUT2D eigenvalue weighted by molar-refractivity contribution is 9.10. The minimum Gasteiger partial charge on any atom is -0.349 e. The highest BCUT2D eigenvalue weighted by Crippen LogP contribution is 2.32. The fraction of sp³-hybridized carbons (Fsp3) is 0.312. The summed E-state index contributed by atoms with van der Waals surface area (Å²) in [6.07, 6.45) is -1.34. The van der Waals surface area contributed by atoms with Crippen LogP contribution in [0.5, 0.6) is 0 Å². The first-order chi connectivity index (χ1) is 11.8. The first kappa shape index (κ1) is 17.7. The molecule has 0 aliphatic heterocycles. The van der Waals surface area contributed by atoms with Gasteiger partial charge in [0.25, 0.3) is 5.91 Å². The lowest BCUT2D eigenvalue weighted by Crippen LogP contribution is -2.40. The molecule has 0 bridgehead atoms. The van der Waals surface area contributed by atoms with E-state index in [2.05, 4.69) is 36.5 Å². The minimum atomic E-state index is -4.76. The Kier molecular flexibility index (Phi) is 4.94. The van der Waals surface area contributed by atoms with Gasteiger partial charge in [-0.25, -0.2) is 9.97 Å². The highest BCUT2D eigenvalue weighted by Gasteiger charge is 2.38. The van der Waals surface area contributed by atoms with Gasteiger partial charge in [-0.1, -0.05) is 22.0 Å². The standard InChI is InChI=1S/C16H14BrF3N4O/c17-9-3-1-6-11(7-9)23-15-21-8-12(13(24-15)16(18,19)20)14(25)22-10-4-2-5-10/h1,3,6-8,10H,2,4-5H2,(H,22,25)(H,21,23,24). The lowest BCUT2D eigenvalue weighted by Gasteiger charge is -2.26. The van der Waals surface area contributed by atoms with Gasteiger partial charge in [-0.2, -0.15) is 13.2 Å². The van der Waals surface area contributed by atoms with E-state index in [1.165, 1.54) is 0 Å². The molecular formula is C16H14BrF3N4O. The average Bonchev–Trinajstić information content (AvgIpc) is 2.50. The Hall–Kier alpha value is -2.16. The van der Waals surface area contributed by atoms with Crippen molar-refractivity contribution in [2.24, 2.45) is 0 Å². The zero-order valence-electron chi connectivity index (χ0n) is 12.9. The van der Waals surface area contributed by atoms with E-state index in [1.54, 1.807) is 24.3 Å². The fourth-order valence-corrected chi connectivity index (χ4v) is 2.73. The van der Waals surface area contributed by atoms with Crippen molar-refractivity contribution in [1.82, 2.24) is 15.3 Å². The first-order valence-electron chi connectivity index (χ1n) is 7.60. The Labute approximate surface area is 150 Å². The Balaban J connectivity index is 1.88. The van der Waals surface area contributed by atoms with Crippen LogP contribution in [0.3, 0.4) is 0 Å². The largest absolute Gasteiger partial charge is 0.434 e. The average molecular weight is 415 g/mol. The van der Waals surface area contributed by atoms with Crippen molar-refractivity contribution in [2.75, 3.05) is 5.32 Å². The quantitative estimate of drug-likeness (QED) is 0.783. The second-order valence-corrected chi connectivity index (χ2v) is 6.61. The van der Waals surface area contributed by atoms with E-state index < -0.39 is 23.3 Å². The van der Waals surface area contributed by atoms with E-state index >= 15 is 0 Å². The van der Waals surface area contributed by atoms with Crippen molar-refractivity contribution < 1.29 is 18.0 Å². The number of hydrogen-bond acceptors (Lipinski definition) is 4. The number of nitrogens with one attached hydrogen (secondary N) is 2. The summed E-state index contributed by atoms with van der Waals surface area (Å²) in [6, 6.07) is 6.76. The summed E-state index contributed by atoms with van der Waals surface area (Å²) in [4.78, 5) is 19.5. The van der Waals surface area contributed by atoms with Crippen LogP contribution in [0.1, 0.15) is 35.3 Å². The summed E-state index contributed by atoms with van der Waals surface area (Å²) in [5, 5.41) is 5.28. The van der Waals surface area contributed by atoms with E-state index in [0.29, 0.717) is 5.69 Å². The van der Waals surface area contributed by atoms with Gasteiger partial charge in [-0.05, 0) is 37.5 Å². The van der Waals surface area contributed by atoms with Gasteiger partial charge in [0.15, 0.2) is 5.69 Å². The topological polar surface area (TPSA) is 66.9 Å². The van der Waals surface area contributed by atoms with Crippen LogP contribution in [0.2, 0.25) is 0 Å². The lowest BCUT2D eigenvalue weighted by atomic mass is 9.93. The number of aromatic nitrogens is 2. The van der Waals surface area contributed by atoms with Crippen LogP contribution < -0.4 is 10.6 Å². The van der Waals surface area contributed by atoms with E-state index in [-0.39, 0.29) is 12.0 Å². The highest BCUT2D eigenvalue weighted by atomic mass is 79.9. The number of carbonyl (C=O) groups excluding carboxylic acids is 1. The Morgan fingerprint density at radius 2 is 2.04 bits per heavy atom. The number of nitrogens with zero attached hydrogens (tertiary/aromatic N) is 2. The summed E-state index contributed by atoms with van der Waals surface area (Å²) in [6.45, 7) is 0. The van der Waals surface area contributed by atoms with Crippen LogP contribution >= 0.6 is 15.9 Å². The third kappa shape index (κ3) is 4.28. The van der Waals surface area contributed by atoms with Crippen molar-refractivity contribution in [2.45, 2.75) is 31.5 Å². The number of anilines is 2. The predicted molar refractivity (Wildman–Crippen MR) is 89.6 cm³/mol. The SMILES string of the molecule is O=C(NC1CCC1)c1cnc(Nc2cccc(Br)c2)nc1C(F)(F)F. The second-order valence-electron chi connectivity index (χ2n) is 5.69. The number of hydrogen-bond donors (Lipinski definition) is 2. The number of benzene rings is 1. The molecule has 1 saturated carbocycles. The van der Waals surface area contributed by atoms with E-state index in [4.69, 9.17) is 0 Å². The summed E-state index contributed by atoms with van der Waals surface area (Å²) >= 11 is 3.27. The maximum atomic E-state index is 13.3. The van der Waals surface area contributed by atoms with Gasteiger partial charge in [0.1, 0.15) is 0 Å². The summed E-state index contributed by atoms with van der Waals surface area (Å²) in [5.41, 5.74) is -1.30. The molecule has 132 valence electrons. The van der Waals surface area contributed by atoms with Gasteiger partial charge < -0.3 is 10.6 Å². The fourth-order valence-electron chi connectivity index (χ4n) is 2.34. The summed E-state index contributed by atoms with van der Waals surface area (Å²) in [7, 11) is 0. The molecule has 0 spiro atoms. The maximum Gasteiger partial charge on any atom is 0.434 e. The monoisotopic (exact) mass is 414 g/mol. The number of rotatable bonds is 4. The number of alkyl halides is 3. The maximum absolute atomic E-state index is 13.3. The van der Waals surface area contributed by atoms with Gasteiger partial charge in [0.05, 0.1) is 5.56 Å². The summed E-state index contributed by atoms with van der Waals surface area (Å²) in [5.74, 6) is -1.03. The number of amides is 1. The molecule has 1 fully saturated rings. The second kappa shape index (κ2) is 6.99. The molecule has 0 unspecified atom stereocenters. The van der Waals surface area contributed by atoms with Gasteiger partial charge >= 0.3 is 6.18 Å².